The molecule has 1 heterocycles. The van der Waals surface area contributed by atoms with Crippen LogP contribution in [0.1, 0.15) is 17.3 Å². The molecule has 3 rings (SSSR count). The summed E-state index contributed by atoms with van der Waals surface area (Å²) in [5, 5.41) is 12.8. The molecule has 2 aromatic rings. The van der Waals surface area contributed by atoms with E-state index in [9.17, 15) is 23.1 Å². The van der Waals surface area contributed by atoms with Crippen LogP contribution >= 0.6 is 22.6 Å². The van der Waals surface area contributed by atoms with Crippen LogP contribution in [0, 0.1) is 21.0 Å². The van der Waals surface area contributed by atoms with Gasteiger partial charge in [-0.05, 0) is 59.8 Å². The first-order chi connectivity index (χ1) is 13.7. The van der Waals surface area contributed by atoms with E-state index in [1.54, 1.807) is 13.0 Å². The smallest absolute Gasteiger partial charge is 0.256 e. The molecule has 1 saturated heterocycles. The van der Waals surface area contributed by atoms with Gasteiger partial charge in [0.15, 0.2) is 11.6 Å². The van der Waals surface area contributed by atoms with E-state index < -0.39 is 34.6 Å². The number of carbonyl (C=O) groups is 1. The lowest BCUT2D eigenvalue weighted by atomic mass is 9.93. The van der Waals surface area contributed by atoms with Crippen LogP contribution in [0.15, 0.2) is 30.3 Å². The highest BCUT2D eigenvalue weighted by Gasteiger charge is 2.44. The van der Waals surface area contributed by atoms with Crippen molar-refractivity contribution in [1.29, 1.82) is 0 Å². The monoisotopic (exact) mass is 521 g/mol. The van der Waals surface area contributed by atoms with Gasteiger partial charge in [0.1, 0.15) is 11.4 Å². The van der Waals surface area contributed by atoms with Crippen LogP contribution in [0.2, 0.25) is 0 Å². The van der Waals surface area contributed by atoms with Gasteiger partial charge in [-0.15, -0.1) is 0 Å². The van der Waals surface area contributed by atoms with Crippen LogP contribution in [-0.2, 0) is 4.84 Å². The summed E-state index contributed by atoms with van der Waals surface area (Å²) in [5.74, 6) is -3.74. The van der Waals surface area contributed by atoms with E-state index in [2.05, 4.69) is 10.8 Å². The lowest BCUT2D eigenvalue weighted by Crippen LogP contribution is -2.67. The molecular formula is C19H19F3IN3O3. The summed E-state index contributed by atoms with van der Waals surface area (Å²) in [6, 6.07) is 6.15. The minimum absolute atomic E-state index is 0.0117. The Balaban J connectivity index is 1.81. The molecule has 0 radical (unpaired) electrons. The third-order valence-corrected chi connectivity index (χ3v) is 5.09. The Morgan fingerprint density at radius 1 is 1.24 bits per heavy atom. The van der Waals surface area contributed by atoms with Gasteiger partial charge in [-0.2, -0.15) is 5.48 Å². The fraction of sp³-hybridized carbons (Fsp3) is 0.316. The highest BCUT2D eigenvalue weighted by atomic mass is 127. The molecule has 1 aliphatic rings. The second-order valence-corrected chi connectivity index (χ2v) is 7.92. The number of hydrogen-bond donors (Lipinski definition) is 3. The van der Waals surface area contributed by atoms with Crippen LogP contribution < -0.4 is 10.8 Å². The van der Waals surface area contributed by atoms with Crippen molar-refractivity contribution in [3.63, 3.8) is 0 Å². The fourth-order valence-electron chi connectivity index (χ4n) is 2.95. The van der Waals surface area contributed by atoms with Crippen molar-refractivity contribution in [2.45, 2.75) is 12.5 Å². The van der Waals surface area contributed by atoms with E-state index in [0.29, 0.717) is 10.2 Å². The highest BCUT2D eigenvalue weighted by molar-refractivity contribution is 14.1. The first kappa shape index (κ1) is 21.8. The van der Waals surface area contributed by atoms with Crippen LogP contribution in [0.4, 0.5) is 24.5 Å². The molecule has 156 valence electrons. The summed E-state index contributed by atoms with van der Waals surface area (Å²) < 4.78 is 43.0. The van der Waals surface area contributed by atoms with Crippen LogP contribution in [-0.4, -0.2) is 47.8 Å². The minimum atomic E-state index is -1.29. The Morgan fingerprint density at radius 2 is 1.97 bits per heavy atom. The van der Waals surface area contributed by atoms with Crippen LogP contribution in [0.25, 0.3) is 0 Å². The Bertz CT molecular complexity index is 923. The van der Waals surface area contributed by atoms with Gasteiger partial charge < -0.3 is 20.2 Å². The van der Waals surface area contributed by atoms with Crippen LogP contribution in [0.5, 0.6) is 0 Å². The number of nitrogens with one attached hydrogen (secondary N) is 2. The Labute approximate surface area is 179 Å². The van der Waals surface area contributed by atoms with Crippen molar-refractivity contribution < 1.29 is 27.9 Å². The zero-order valence-electron chi connectivity index (χ0n) is 15.4. The van der Waals surface area contributed by atoms with Gasteiger partial charge in [0.25, 0.3) is 5.91 Å². The summed E-state index contributed by atoms with van der Waals surface area (Å²) in [7, 11) is 0. The number of anilines is 2. The maximum Gasteiger partial charge on any atom is 0.256 e. The summed E-state index contributed by atoms with van der Waals surface area (Å²) in [5.41, 5.74) is 0.697. The van der Waals surface area contributed by atoms with Crippen molar-refractivity contribution in [2.24, 2.45) is 0 Å². The highest BCUT2D eigenvalue weighted by Crippen LogP contribution is 2.31. The second kappa shape index (κ2) is 8.86. The van der Waals surface area contributed by atoms with Gasteiger partial charge in [-0.25, -0.2) is 13.2 Å². The van der Waals surface area contributed by atoms with Crippen LogP contribution in [0.3, 0.4) is 0 Å². The molecule has 2 aromatic carbocycles. The molecule has 29 heavy (non-hydrogen) atoms. The molecule has 0 saturated carbocycles. The summed E-state index contributed by atoms with van der Waals surface area (Å²) in [6.07, 6.45) is 0. The van der Waals surface area contributed by atoms with E-state index in [4.69, 9.17) is 4.84 Å². The number of hydroxylamine groups is 1. The van der Waals surface area contributed by atoms with Crippen molar-refractivity contribution >= 4 is 39.9 Å². The maximum absolute atomic E-state index is 14.5. The maximum atomic E-state index is 14.5. The molecule has 0 aromatic heterocycles. The molecule has 1 fully saturated rings. The number of amides is 1. The van der Waals surface area contributed by atoms with Gasteiger partial charge in [-0.3, -0.25) is 4.79 Å². The number of aliphatic hydroxyl groups is 1. The Hall–Kier alpha value is -1.89. The number of halogens is 4. The number of carbonyl (C=O) groups excluding carboxylic acids is 1. The summed E-state index contributed by atoms with van der Waals surface area (Å²) in [6.45, 7) is 2.28. The number of rotatable bonds is 7. The molecule has 6 nitrogen and oxygen atoms in total. The molecule has 0 aliphatic carbocycles. The van der Waals surface area contributed by atoms with Gasteiger partial charge in [0, 0.05) is 3.57 Å². The molecule has 1 aliphatic heterocycles. The molecule has 0 atom stereocenters. The zero-order valence-corrected chi connectivity index (χ0v) is 17.6. The zero-order chi connectivity index (χ0) is 21.2. The second-order valence-electron chi connectivity index (χ2n) is 6.67. The molecule has 3 N–H and O–H groups in total. The summed E-state index contributed by atoms with van der Waals surface area (Å²) >= 11 is 1.92. The Kier molecular flexibility index (Phi) is 6.66. The number of hydrogen-bond acceptors (Lipinski definition) is 5. The molecule has 0 unspecified atom stereocenters. The normalized spacial score (nSPS) is 15.2. The molecule has 10 heteroatoms. The van der Waals surface area contributed by atoms with Crippen molar-refractivity contribution in [1.82, 2.24) is 10.4 Å². The fourth-order valence-corrected chi connectivity index (χ4v) is 3.41. The topological polar surface area (TPSA) is 73.8 Å². The first-order valence-corrected chi connectivity index (χ1v) is 9.88. The van der Waals surface area contributed by atoms with Gasteiger partial charge in [0.05, 0.1) is 43.2 Å². The number of β-amino-alcohol motifs (C(OH)–C–C–N with tert-alkyl or cyclic N) is 1. The van der Waals surface area contributed by atoms with E-state index >= 15 is 0 Å². The Morgan fingerprint density at radius 3 is 2.62 bits per heavy atom. The van der Waals surface area contributed by atoms with Crippen molar-refractivity contribution in [2.75, 3.05) is 31.6 Å². The molecule has 0 spiro atoms. The van der Waals surface area contributed by atoms with Gasteiger partial charge >= 0.3 is 0 Å². The SMILES string of the molecule is CCONCC1(O)CN(C(=O)c2ccc(F)c(F)c2Nc2ccc(I)cc2F)C1. The lowest BCUT2D eigenvalue weighted by Gasteiger charge is -2.46. The minimum Gasteiger partial charge on any atom is -0.385 e. The quantitative estimate of drug-likeness (QED) is 0.297. The van der Waals surface area contributed by atoms with E-state index in [1.807, 2.05) is 22.6 Å². The number of benzene rings is 2. The predicted octanol–water partition coefficient (Wildman–Crippen LogP) is 3.18. The number of likely N-dealkylation sites (tertiary alicyclic amines) is 1. The third-order valence-electron chi connectivity index (χ3n) is 4.42. The largest absolute Gasteiger partial charge is 0.385 e. The predicted molar refractivity (Wildman–Crippen MR) is 109 cm³/mol. The lowest BCUT2D eigenvalue weighted by molar-refractivity contribution is -0.104. The van der Waals surface area contributed by atoms with Gasteiger partial charge in [-0.1, -0.05) is 0 Å². The molecular weight excluding hydrogens is 502 g/mol. The third kappa shape index (κ3) is 4.82. The summed E-state index contributed by atoms with van der Waals surface area (Å²) in [4.78, 5) is 19.1. The standard InChI is InChI=1S/C19H19F3IN3O3/c1-2-29-24-8-19(28)9-26(10-19)18(27)12-4-5-13(20)16(22)17(12)25-15-6-3-11(23)7-14(15)21/h3-7,24-25,28H,2,8-10H2,1H3. The first-order valence-electron chi connectivity index (χ1n) is 8.80. The number of nitrogens with zero attached hydrogens (tertiary/aromatic N) is 1. The van der Waals surface area contributed by atoms with E-state index in [-0.39, 0.29) is 30.9 Å². The van der Waals surface area contributed by atoms with Crippen molar-refractivity contribution in [3.05, 3.63) is 56.9 Å². The molecule has 1 amide bonds. The average Bonchev–Trinajstić information content (AvgIpc) is 2.65. The van der Waals surface area contributed by atoms with Crippen molar-refractivity contribution in [3.8, 4) is 0 Å². The molecule has 0 bridgehead atoms. The average molecular weight is 521 g/mol. The van der Waals surface area contributed by atoms with E-state index in [0.717, 1.165) is 12.1 Å². The van der Waals surface area contributed by atoms with E-state index in [1.165, 1.54) is 17.0 Å². The van der Waals surface area contributed by atoms with Gasteiger partial charge in [0.2, 0.25) is 0 Å².